The maximum absolute atomic E-state index is 4.11. The van der Waals surface area contributed by atoms with Crippen LogP contribution in [-0.4, -0.2) is 16.3 Å². The monoisotopic (exact) mass is 244 g/mol. The molecule has 2 aromatic heterocycles. The molecule has 0 aliphatic heterocycles. The summed E-state index contributed by atoms with van der Waals surface area (Å²) in [5.74, 6) is 0. The van der Waals surface area contributed by atoms with Crippen LogP contribution in [-0.2, 0) is 0 Å². The minimum atomic E-state index is 1.11. The van der Waals surface area contributed by atoms with Crippen LogP contribution in [0.3, 0.4) is 0 Å². The van der Waals surface area contributed by atoms with E-state index in [0.717, 1.165) is 22.8 Å². The summed E-state index contributed by atoms with van der Waals surface area (Å²) >= 11 is 2.58. The third-order valence-electron chi connectivity index (χ3n) is 1.84. The Kier molecular flexibility index (Phi) is 8.67. The van der Waals surface area contributed by atoms with Gasteiger partial charge in [-0.1, -0.05) is 52.0 Å². The van der Waals surface area contributed by atoms with E-state index in [-0.39, 0.29) is 0 Å². The average Bonchev–Trinajstić information content (AvgIpc) is 2.78. The van der Waals surface area contributed by atoms with Crippen molar-refractivity contribution >= 4 is 16.3 Å². The smallest absolute Gasteiger partial charge is 0.0607 e. The third-order valence-corrected chi connectivity index (χ3v) is 1.84. The average molecular weight is 244 g/mol. The standard InChI is InChI=1S/2C6H8N.C2H5.Al/c2*1-5-3-4-6(2)7-5;1-2;/h2*3-4H,1-2H3;1H2,2H3;/q2*-1;;+2. The molecular weight excluding hydrogens is 223 g/mol. The zero-order chi connectivity index (χ0) is 13.3. The van der Waals surface area contributed by atoms with E-state index >= 15 is 0 Å². The Morgan fingerprint density at radius 1 is 0.765 bits per heavy atom. The fraction of sp³-hybridized carbons (Fsp3) is 0.429. The van der Waals surface area contributed by atoms with E-state index in [0.29, 0.717) is 0 Å². The molecule has 0 aliphatic carbocycles. The molecule has 3 heteroatoms. The molecule has 0 radical (unpaired) electrons. The van der Waals surface area contributed by atoms with E-state index in [9.17, 15) is 0 Å². The van der Waals surface area contributed by atoms with E-state index in [1.165, 1.54) is 5.28 Å². The van der Waals surface area contributed by atoms with E-state index in [1.807, 2.05) is 52.0 Å². The molecule has 2 aromatic rings. The van der Waals surface area contributed by atoms with Crippen LogP contribution < -0.4 is 9.97 Å². The number of aryl methyl sites for hydroxylation is 4. The molecule has 17 heavy (non-hydrogen) atoms. The molecule has 0 spiro atoms. The van der Waals surface area contributed by atoms with Crippen LogP contribution in [0.15, 0.2) is 24.3 Å². The van der Waals surface area contributed by atoms with Crippen molar-refractivity contribution in [3.05, 3.63) is 47.0 Å². The van der Waals surface area contributed by atoms with Crippen molar-refractivity contribution in [3.8, 4) is 0 Å². The van der Waals surface area contributed by atoms with Gasteiger partial charge in [-0.2, -0.15) is 22.8 Å². The van der Waals surface area contributed by atoms with Crippen molar-refractivity contribution in [2.75, 3.05) is 0 Å². The van der Waals surface area contributed by atoms with Gasteiger partial charge >= 0.3 is 28.5 Å². The largest absolute Gasteiger partial charge is 0.665 e. The molecule has 0 saturated heterocycles. The predicted molar refractivity (Wildman–Crippen MR) is 74.7 cm³/mol. The van der Waals surface area contributed by atoms with Gasteiger partial charge in [-0.25, -0.2) is 0 Å². The number of hydrogen-bond donors (Lipinski definition) is 0. The molecule has 2 nitrogen and oxygen atoms in total. The number of aromatic nitrogens is 2. The van der Waals surface area contributed by atoms with Crippen LogP contribution in [0.2, 0.25) is 5.28 Å². The molecule has 0 amide bonds. The van der Waals surface area contributed by atoms with Crippen LogP contribution in [0.5, 0.6) is 0 Å². The zero-order valence-corrected chi connectivity index (χ0v) is 12.6. The molecule has 2 rings (SSSR count). The van der Waals surface area contributed by atoms with E-state index in [2.05, 4.69) is 33.2 Å². The molecule has 0 fully saturated rings. The minimum Gasteiger partial charge on any atom is -0.665 e. The summed E-state index contributed by atoms with van der Waals surface area (Å²) in [7, 11) is 0. The van der Waals surface area contributed by atoms with Gasteiger partial charge in [0.2, 0.25) is 0 Å². The van der Waals surface area contributed by atoms with Crippen molar-refractivity contribution in [1.29, 1.82) is 0 Å². The second-order valence-electron chi connectivity index (χ2n) is 3.86. The van der Waals surface area contributed by atoms with Crippen LogP contribution >= 0.6 is 0 Å². The normalized spacial score (nSPS) is 8.88. The van der Waals surface area contributed by atoms with Gasteiger partial charge in [-0.05, 0) is 0 Å². The van der Waals surface area contributed by atoms with Gasteiger partial charge in [0, 0.05) is 0 Å². The molecule has 0 aromatic carbocycles. The van der Waals surface area contributed by atoms with Gasteiger partial charge in [0.05, 0.1) is 0 Å². The molecule has 0 unspecified atom stereocenters. The molecule has 0 atom stereocenters. The number of rotatable bonds is 0. The molecule has 0 saturated carbocycles. The molecular formula is C14H21AlN2. The third kappa shape index (κ3) is 8.86. The molecule has 0 N–H and O–H groups in total. The van der Waals surface area contributed by atoms with Gasteiger partial charge in [-0.3, -0.25) is 0 Å². The van der Waals surface area contributed by atoms with Gasteiger partial charge in [0.15, 0.2) is 0 Å². The Morgan fingerprint density at radius 3 is 1.00 bits per heavy atom. The quantitative estimate of drug-likeness (QED) is 0.666. The summed E-state index contributed by atoms with van der Waals surface area (Å²) in [5, 5.41) is 1.17. The van der Waals surface area contributed by atoms with E-state index in [1.54, 1.807) is 0 Å². The summed E-state index contributed by atoms with van der Waals surface area (Å²) in [6.07, 6.45) is 0. The second-order valence-corrected chi connectivity index (χ2v) is 4.68. The van der Waals surface area contributed by atoms with Gasteiger partial charge in [0.25, 0.3) is 0 Å². The number of nitrogens with zero attached hydrogens (tertiary/aromatic N) is 2. The van der Waals surface area contributed by atoms with Crippen molar-refractivity contribution in [3.63, 3.8) is 0 Å². The Balaban J connectivity index is 0.000000247. The SMILES string of the molecule is C[CH2][Al+2].Cc1ccc(C)[n-]1.Cc1ccc(C)[n-]1. The molecule has 2 heterocycles. The summed E-state index contributed by atoms with van der Waals surface area (Å²) in [5.41, 5.74) is 4.44. The first-order chi connectivity index (χ1) is 7.99. The van der Waals surface area contributed by atoms with Crippen molar-refractivity contribution in [2.45, 2.75) is 39.9 Å². The summed E-state index contributed by atoms with van der Waals surface area (Å²) in [4.78, 5) is 8.22. The van der Waals surface area contributed by atoms with Crippen LogP contribution in [0.25, 0.3) is 0 Å². The van der Waals surface area contributed by atoms with Crippen molar-refractivity contribution in [2.24, 2.45) is 0 Å². The number of hydrogen-bond acceptors (Lipinski definition) is 0. The maximum atomic E-state index is 4.11. The van der Waals surface area contributed by atoms with Gasteiger partial charge in [-0.15, -0.1) is 0 Å². The van der Waals surface area contributed by atoms with Crippen LogP contribution in [0.1, 0.15) is 29.7 Å². The summed E-state index contributed by atoms with van der Waals surface area (Å²) in [6.45, 7) is 10.1. The predicted octanol–water partition coefficient (Wildman–Crippen LogP) is 3.11. The summed E-state index contributed by atoms with van der Waals surface area (Å²) in [6, 6.07) is 8.04. The van der Waals surface area contributed by atoms with Gasteiger partial charge in [0.1, 0.15) is 0 Å². The molecule has 90 valence electrons. The minimum absolute atomic E-state index is 1.11. The van der Waals surface area contributed by atoms with Crippen LogP contribution in [0, 0.1) is 27.7 Å². The molecule has 0 bridgehead atoms. The van der Waals surface area contributed by atoms with E-state index < -0.39 is 0 Å². The van der Waals surface area contributed by atoms with Gasteiger partial charge < -0.3 is 9.97 Å². The first kappa shape index (κ1) is 16.1. The van der Waals surface area contributed by atoms with E-state index in [4.69, 9.17) is 0 Å². The Bertz CT molecular complexity index is 331. The topological polar surface area (TPSA) is 28.2 Å². The maximum Gasteiger partial charge on any atom is -0.0607 e. The zero-order valence-electron chi connectivity index (χ0n) is 11.5. The van der Waals surface area contributed by atoms with Crippen molar-refractivity contribution in [1.82, 2.24) is 9.97 Å². The van der Waals surface area contributed by atoms with Crippen molar-refractivity contribution < 1.29 is 0 Å². The molecule has 0 aliphatic rings. The summed E-state index contributed by atoms with van der Waals surface area (Å²) < 4.78 is 0. The Labute approximate surface area is 113 Å². The van der Waals surface area contributed by atoms with Crippen LogP contribution in [0.4, 0.5) is 0 Å². The Hall–Kier alpha value is -0.908. The fourth-order valence-corrected chi connectivity index (χ4v) is 1.19. The first-order valence-corrected chi connectivity index (χ1v) is 6.65. The second kappa shape index (κ2) is 9.16. The Morgan fingerprint density at radius 2 is 0.941 bits per heavy atom. The fourth-order valence-electron chi connectivity index (χ4n) is 1.19. The first-order valence-electron chi connectivity index (χ1n) is 5.83.